The zero-order valence-corrected chi connectivity index (χ0v) is 8.89. The zero-order chi connectivity index (χ0) is 9.26. The summed E-state index contributed by atoms with van der Waals surface area (Å²) in [5, 5.41) is 8.50. The van der Waals surface area contributed by atoms with Gasteiger partial charge in [-0.1, -0.05) is 0 Å². The third-order valence-electron chi connectivity index (χ3n) is 1.73. The van der Waals surface area contributed by atoms with Gasteiger partial charge in [0.15, 0.2) is 0 Å². The summed E-state index contributed by atoms with van der Waals surface area (Å²) in [6.45, 7) is 0. The molecule has 0 atom stereocenters. The SMILES string of the molecule is N#CCc1cn2ccc(I)cc2n1. The minimum Gasteiger partial charge on any atom is -0.307 e. The number of nitriles is 1. The van der Waals surface area contributed by atoms with E-state index in [1.165, 1.54) is 0 Å². The van der Waals surface area contributed by atoms with E-state index in [9.17, 15) is 0 Å². The topological polar surface area (TPSA) is 41.1 Å². The Bertz CT molecular complexity index is 481. The van der Waals surface area contributed by atoms with Gasteiger partial charge < -0.3 is 4.40 Å². The molecule has 0 saturated heterocycles. The monoisotopic (exact) mass is 283 g/mol. The van der Waals surface area contributed by atoms with Crippen LogP contribution >= 0.6 is 22.6 Å². The van der Waals surface area contributed by atoms with Crippen molar-refractivity contribution in [1.82, 2.24) is 9.38 Å². The molecule has 0 aliphatic rings. The van der Waals surface area contributed by atoms with Gasteiger partial charge in [0.25, 0.3) is 0 Å². The molecule has 2 rings (SSSR count). The van der Waals surface area contributed by atoms with Crippen molar-refractivity contribution in [2.24, 2.45) is 0 Å². The number of aromatic nitrogens is 2. The molecule has 0 saturated carbocycles. The minimum atomic E-state index is 0.373. The third-order valence-corrected chi connectivity index (χ3v) is 2.40. The van der Waals surface area contributed by atoms with Crippen molar-refractivity contribution in [2.75, 3.05) is 0 Å². The quantitative estimate of drug-likeness (QED) is 0.751. The van der Waals surface area contributed by atoms with Crippen molar-refractivity contribution in [3.8, 4) is 6.07 Å². The highest BCUT2D eigenvalue weighted by Gasteiger charge is 2.00. The predicted octanol–water partition coefficient (Wildman–Crippen LogP) is 2.00. The van der Waals surface area contributed by atoms with E-state index in [4.69, 9.17) is 5.26 Å². The summed E-state index contributed by atoms with van der Waals surface area (Å²) in [4.78, 5) is 4.30. The van der Waals surface area contributed by atoms with Crippen LogP contribution in [0.2, 0.25) is 0 Å². The van der Waals surface area contributed by atoms with Crippen molar-refractivity contribution < 1.29 is 0 Å². The molecule has 0 aliphatic carbocycles. The second-order valence-corrected chi connectivity index (χ2v) is 3.92. The number of nitrogens with zero attached hydrogens (tertiary/aromatic N) is 3. The highest BCUT2D eigenvalue weighted by Crippen LogP contribution is 2.10. The van der Waals surface area contributed by atoms with Crippen LogP contribution in [0.4, 0.5) is 0 Å². The van der Waals surface area contributed by atoms with Crippen LogP contribution in [-0.2, 0) is 6.42 Å². The summed E-state index contributed by atoms with van der Waals surface area (Å²) in [6.07, 6.45) is 4.21. The van der Waals surface area contributed by atoms with Gasteiger partial charge >= 0.3 is 0 Å². The van der Waals surface area contributed by atoms with E-state index in [-0.39, 0.29) is 0 Å². The number of rotatable bonds is 1. The van der Waals surface area contributed by atoms with Gasteiger partial charge in [-0.2, -0.15) is 5.26 Å². The molecule has 2 aromatic rings. The van der Waals surface area contributed by atoms with Gasteiger partial charge in [-0.3, -0.25) is 0 Å². The number of imidazole rings is 1. The number of fused-ring (bicyclic) bond motifs is 1. The molecule has 2 heterocycles. The zero-order valence-electron chi connectivity index (χ0n) is 6.74. The third kappa shape index (κ3) is 1.65. The van der Waals surface area contributed by atoms with Crippen LogP contribution in [-0.4, -0.2) is 9.38 Å². The number of pyridine rings is 1. The normalized spacial score (nSPS) is 10.2. The highest BCUT2D eigenvalue weighted by atomic mass is 127. The first-order valence-corrected chi connectivity index (χ1v) is 4.87. The lowest BCUT2D eigenvalue weighted by molar-refractivity contribution is 1.16. The number of hydrogen-bond acceptors (Lipinski definition) is 2. The summed E-state index contributed by atoms with van der Waals surface area (Å²) >= 11 is 2.24. The Labute approximate surface area is 89.2 Å². The van der Waals surface area contributed by atoms with Crippen LogP contribution in [0.15, 0.2) is 24.5 Å². The lowest BCUT2D eigenvalue weighted by Gasteiger charge is -1.91. The summed E-state index contributed by atoms with van der Waals surface area (Å²) in [7, 11) is 0. The standard InChI is InChI=1S/C9H6IN3/c10-7-2-4-13-6-8(1-3-11)12-9(13)5-7/h2,4-6H,1H2. The molecule has 13 heavy (non-hydrogen) atoms. The molecule has 0 N–H and O–H groups in total. The Hall–Kier alpha value is -1.09. The van der Waals surface area contributed by atoms with Crippen LogP contribution in [0, 0.1) is 14.9 Å². The van der Waals surface area contributed by atoms with Gasteiger partial charge in [-0.15, -0.1) is 0 Å². The fourth-order valence-corrected chi connectivity index (χ4v) is 1.62. The van der Waals surface area contributed by atoms with Gasteiger partial charge in [0.05, 0.1) is 18.2 Å². The average Bonchev–Trinajstić information content (AvgIpc) is 2.46. The average molecular weight is 283 g/mol. The molecule has 0 radical (unpaired) electrons. The molecular weight excluding hydrogens is 277 g/mol. The van der Waals surface area contributed by atoms with E-state index in [1.54, 1.807) is 0 Å². The largest absolute Gasteiger partial charge is 0.307 e. The van der Waals surface area contributed by atoms with Crippen molar-refractivity contribution in [3.63, 3.8) is 0 Å². The second kappa shape index (κ2) is 3.34. The van der Waals surface area contributed by atoms with Crippen molar-refractivity contribution in [1.29, 1.82) is 5.26 Å². The van der Waals surface area contributed by atoms with Gasteiger partial charge in [-0.25, -0.2) is 4.98 Å². The molecule has 0 fully saturated rings. The lowest BCUT2D eigenvalue weighted by Crippen LogP contribution is -1.81. The van der Waals surface area contributed by atoms with Crippen LogP contribution < -0.4 is 0 Å². The van der Waals surface area contributed by atoms with Gasteiger partial charge in [-0.05, 0) is 34.7 Å². The molecule has 0 spiro atoms. The van der Waals surface area contributed by atoms with Gasteiger partial charge in [0, 0.05) is 16.0 Å². The molecule has 0 aliphatic heterocycles. The van der Waals surface area contributed by atoms with Crippen molar-refractivity contribution >= 4 is 28.2 Å². The molecule has 2 aromatic heterocycles. The van der Waals surface area contributed by atoms with Crippen LogP contribution in [0.3, 0.4) is 0 Å². The first-order valence-electron chi connectivity index (χ1n) is 3.79. The Kier molecular flexibility index (Phi) is 2.19. The van der Waals surface area contributed by atoms with Crippen LogP contribution in [0.1, 0.15) is 5.69 Å². The van der Waals surface area contributed by atoms with E-state index in [0.717, 1.165) is 14.9 Å². The first kappa shape index (κ1) is 8.51. The number of hydrogen-bond donors (Lipinski definition) is 0. The van der Waals surface area contributed by atoms with Gasteiger partial charge in [0.2, 0.25) is 0 Å². The van der Waals surface area contributed by atoms with Crippen LogP contribution in [0.25, 0.3) is 5.65 Å². The van der Waals surface area contributed by atoms with Crippen LogP contribution in [0.5, 0.6) is 0 Å². The Morgan fingerprint density at radius 2 is 2.46 bits per heavy atom. The molecule has 0 bridgehead atoms. The van der Waals surface area contributed by atoms with E-state index in [1.807, 2.05) is 28.9 Å². The predicted molar refractivity (Wildman–Crippen MR) is 57.2 cm³/mol. The maximum atomic E-state index is 8.50. The fourth-order valence-electron chi connectivity index (χ4n) is 1.18. The molecule has 64 valence electrons. The highest BCUT2D eigenvalue weighted by molar-refractivity contribution is 14.1. The maximum Gasteiger partial charge on any atom is 0.138 e. The van der Waals surface area contributed by atoms with E-state index >= 15 is 0 Å². The first-order chi connectivity index (χ1) is 6.29. The maximum absolute atomic E-state index is 8.50. The van der Waals surface area contributed by atoms with Gasteiger partial charge in [0.1, 0.15) is 5.65 Å². The van der Waals surface area contributed by atoms with E-state index < -0.39 is 0 Å². The molecule has 0 amide bonds. The summed E-state index contributed by atoms with van der Waals surface area (Å²) in [6, 6.07) is 6.07. The van der Waals surface area contributed by atoms with E-state index in [2.05, 4.69) is 33.6 Å². The molecule has 0 aromatic carbocycles. The Morgan fingerprint density at radius 3 is 3.23 bits per heavy atom. The molecule has 4 heteroatoms. The minimum absolute atomic E-state index is 0.373. The molecule has 0 unspecified atom stereocenters. The summed E-state index contributed by atoms with van der Waals surface area (Å²) in [5.74, 6) is 0. The Balaban J connectivity index is 2.57. The summed E-state index contributed by atoms with van der Waals surface area (Å²) < 4.78 is 3.08. The smallest absolute Gasteiger partial charge is 0.138 e. The number of halogens is 1. The Morgan fingerprint density at radius 1 is 1.62 bits per heavy atom. The van der Waals surface area contributed by atoms with E-state index in [0.29, 0.717) is 6.42 Å². The van der Waals surface area contributed by atoms with Crippen molar-refractivity contribution in [2.45, 2.75) is 6.42 Å². The lowest BCUT2D eigenvalue weighted by atomic mass is 10.4. The fraction of sp³-hybridized carbons (Fsp3) is 0.111. The summed E-state index contributed by atoms with van der Waals surface area (Å²) in [5.41, 5.74) is 1.72. The molecular formula is C9H6IN3. The molecule has 3 nitrogen and oxygen atoms in total. The van der Waals surface area contributed by atoms with Crippen molar-refractivity contribution in [3.05, 3.63) is 33.8 Å². The second-order valence-electron chi connectivity index (χ2n) is 2.68.